The van der Waals surface area contributed by atoms with Gasteiger partial charge in [-0.3, -0.25) is 0 Å². The molecule has 0 spiro atoms. The fraction of sp³-hybridized carbons (Fsp3) is 0. The maximum atomic E-state index is 9.75. The second kappa shape index (κ2) is 22.3. The zero-order chi connectivity index (χ0) is 25.7. The predicted molar refractivity (Wildman–Crippen MR) is 129 cm³/mol. The largest absolute Gasteiger partial charge is 0.0622 e. The van der Waals surface area contributed by atoms with E-state index < -0.39 is 15.2 Å². The molecule has 0 amide bonds. The molecule has 1 aliphatic carbocycles. The van der Waals surface area contributed by atoms with E-state index in [1.807, 2.05) is 38.5 Å². The Morgan fingerprint density at radius 3 is 0.800 bits per heavy atom. The first-order valence-electron chi connectivity index (χ1n) is 9.68. The van der Waals surface area contributed by atoms with E-state index in [1.54, 1.807) is 0 Å². The van der Waals surface area contributed by atoms with Crippen molar-refractivity contribution in [1.29, 1.82) is 0 Å². The van der Waals surface area contributed by atoms with Crippen LogP contribution in [0.5, 0.6) is 0 Å². The van der Waals surface area contributed by atoms with E-state index in [-0.39, 0.29) is 17.1 Å². The topological polar surface area (TPSA) is 39.8 Å². The Labute approximate surface area is 217 Å². The summed E-state index contributed by atoms with van der Waals surface area (Å²) in [4.78, 5) is 0. The molecule has 4 rings (SSSR count). The van der Waals surface area contributed by atoms with Crippen LogP contribution in [0.2, 0.25) is 0 Å². The van der Waals surface area contributed by atoms with Crippen LogP contribution in [-0.4, -0.2) is 7.25 Å². The first kappa shape index (κ1) is 35.0. The zero-order valence-electron chi connectivity index (χ0n) is 18.4. The van der Waals surface area contributed by atoms with Crippen LogP contribution in [0.3, 0.4) is 0 Å². The van der Waals surface area contributed by atoms with Gasteiger partial charge in [-0.25, -0.2) is 0 Å². The van der Waals surface area contributed by atoms with Gasteiger partial charge in [0.2, 0.25) is 0 Å². The van der Waals surface area contributed by atoms with Crippen LogP contribution >= 0.6 is 7.92 Å². The SMILES string of the molecule is F[B-](F)(F)F.[C-]#[O+].[C-]#[O+].[CH]1[CH][CH][CH][CH][CH]1.[Mn].c1ccc(P(c2ccccc2)c2ccccc2)cc1. The van der Waals surface area contributed by atoms with Crippen LogP contribution in [0.1, 0.15) is 0 Å². The molecular weight excluding hydrogens is 517 g/mol. The quantitative estimate of drug-likeness (QED) is 0.131. The summed E-state index contributed by atoms with van der Waals surface area (Å²) in [6, 6.07) is 32.3. The van der Waals surface area contributed by atoms with E-state index in [2.05, 4.69) is 104 Å². The van der Waals surface area contributed by atoms with Crippen molar-refractivity contribution in [2.75, 3.05) is 0 Å². The Balaban J connectivity index is 0. The van der Waals surface area contributed by atoms with E-state index in [0.29, 0.717) is 0 Å². The van der Waals surface area contributed by atoms with E-state index in [4.69, 9.17) is 9.30 Å². The van der Waals surface area contributed by atoms with Crippen molar-refractivity contribution in [2.24, 2.45) is 0 Å². The molecule has 3 aromatic rings. The summed E-state index contributed by atoms with van der Waals surface area (Å²) in [5.41, 5.74) is 0. The molecule has 0 aromatic heterocycles. The molecule has 0 N–H and O–H groups in total. The van der Waals surface area contributed by atoms with Gasteiger partial charge in [-0.1, -0.05) is 91.0 Å². The van der Waals surface area contributed by atoms with Crippen LogP contribution in [0.4, 0.5) is 17.3 Å². The number of hydrogen-bond acceptors (Lipinski definition) is 0. The summed E-state index contributed by atoms with van der Waals surface area (Å²) >= 11 is 0. The van der Waals surface area contributed by atoms with Crippen LogP contribution in [0, 0.1) is 51.8 Å². The number of hydrogen-bond donors (Lipinski definition) is 0. The van der Waals surface area contributed by atoms with Gasteiger partial charge in [0.25, 0.3) is 0 Å². The minimum atomic E-state index is -6.00. The average Bonchev–Trinajstić information content (AvgIpc) is 2.89. The Bertz CT molecular complexity index is 790. The first-order valence-corrected chi connectivity index (χ1v) is 11.0. The van der Waals surface area contributed by atoms with Gasteiger partial charge >= 0.3 is 29.9 Å². The van der Waals surface area contributed by atoms with Crippen LogP contribution in [0.15, 0.2) is 91.0 Å². The van der Waals surface area contributed by atoms with Crippen molar-refractivity contribution in [1.82, 2.24) is 0 Å². The van der Waals surface area contributed by atoms with Crippen molar-refractivity contribution in [3.05, 3.63) is 143 Å². The summed E-state index contributed by atoms with van der Waals surface area (Å²) in [6.45, 7) is 9.00. The molecule has 0 bridgehead atoms. The molecule has 2 nitrogen and oxygen atoms in total. The van der Waals surface area contributed by atoms with Gasteiger partial charge in [-0.2, -0.15) is 0 Å². The smallest absolute Gasteiger partial charge is 0 e. The number of benzene rings is 3. The van der Waals surface area contributed by atoms with Crippen molar-refractivity contribution >= 4 is 31.1 Å². The third-order valence-electron chi connectivity index (χ3n) is 3.71. The molecule has 35 heavy (non-hydrogen) atoms. The number of halogens is 4. The zero-order valence-corrected chi connectivity index (χ0v) is 20.4. The van der Waals surface area contributed by atoms with Crippen LogP contribution < -0.4 is 15.9 Å². The minimum Gasteiger partial charge on any atom is -0.0622 e. The normalized spacial score (nSPS) is 11.7. The maximum Gasteiger partial charge on any atom is 0 e. The molecule has 181 valence electrons. The fourth-order valence-corrected chi connectivity index (χ4v) is 4.87. The van der Waals surface area contributed by atoms with Gasteiger partial charge < -0.3 is 17.3 Å². The molecule has 3 aromatic carbocycles. The van der Waals surface area contributed by atoms with E-state index in [0.717, 1.165) is 0 Å². The average molecular weight is 538 g/mol. The second-order valence-corrected chi connectivity index (χ2v) is 8.21. The summed E-state index contributed by atoms with van der Waals surface area (Å²) in [7, 11) is -6.45. The van der Waals surface area contributed by atoms with Crippen molar-refractivity contribution < 1.29 is 43.6 Å². The van der Waals surface area contributed by atoms with Gasteiger partial charge in [0.1, 0.15) is 0 Å². The summed E-state index contributed by atoms with van der Waals surface area (Å²) < 4.78 is 54.0. The number of rotatable bonds is 3. The Morgan fingerprint density at radius 2 is 0.629 bits per heavy atom. The van der Waals surface area contributed by atoms with Gasteiger partial charge in [-0.05, 0) is 62.4 Å². The summed E-state index contributed by atoms with van der Waals surface area (Å²) in [5, 5.41) is 4.19. The Hall–Kier alpha value is -2.13. The van der Waals surface area contributed by atoms with Gasteiger partial charge in [0.15, 0.2) is 0 Å². The van der Waals surface area contributed by atoms with Gasteiger partial charge in [0.05, 0.1) is 0 Å². The molecule has 1 saturated carbocycles. The van der Waals surface area contributed by atoms with Crippen molar-refractivity contribution in [2.45, 2.75) is 0 Å². The molecule has 1 fully saturated rings. The molecule has 7 radical (unpaired) electrons. The predicted octanol–water partition coefficient (Wildman–Crippen LogP) is 5.89. The Morgan fingerprint density at radius 1 is 0.457 bits per heavy atom. The van der Waals surface area contributed by atoms with Crippen molar-refractivity contribution in [3.8, 4) is 0 Å². The second-order valence-electron chi connectivity index (χ2n) is 5.99. The summed E-state index contributed by atoms with van der Waals surface area (Å²) in [6.07, 6.45) is 12.0. The third kappa shape index (κ3) is 17.9. The van der Waals surface area contributed by atoms with E-state index in [9.17, 15) is 17.3 Å². The van der Waals surface area contributed by atoms with Crippen LogP contribution in [0.25, 0.3) is 0 Å². The minimum absolute atomic E-state index is 0. The molecule has 0 atom stereocenters. The molecule has 0 saturated heterocycles. The third-order valence-corrected chi connectivity index (χ3v) is 6.15. The Kier molecular flexibility index (Phi) is 22.4. The van der Waals surface area contributed by atoms with Gasteiger partial charge in [0, 0.05) is 17.1 Å². The molecule has 1 aliphatic rings. The summed E-state index contributed by atoms with van der Waals surface area (Å²) in [5.74, 6) is 0. The van der Waals surface area contributed by atoms with Crippen LogP contribution in [-0.2, 0) is 26.4 Å². The van der Waals surface area contributed by atoms with E-state index >= 15 is 0 Å². The monoisotopic (exact) mass is 538 g/mol. The van der Waals surface area contributed by atoms with E-state index in [1.165, 1.54) is 15.9 Å². The maximum absolute atomic E-state index is 9.75. The fourth-order valence-electron chi connectivity index (χ4n) is 2.56. The first-order chi connectivity index (χ1) is 16.4. The molecule has 0 heterocycles. The molecule has 0 aliphatic heterocycles. The van der Waals surface area contributed by atoms with Crippen molar-refractivity contribution in [3.63, 3.8) is 0 Å². The molecular formula is C26H21BF4MnO2P-. The standard InChI is InChI=1S/C18H15P.C6H6.2CO.BF4.Mn/c1-4-10-16(11-5-1)19(17-12-6-2-7-13-17)18-14-8-3-9-15-18;1-2-4-6-5-3-1;2*1-2;2-1(3,4)5;/h1-15H;1-6H;;;;/q;;;;-1;. The van der Waals surface area contributed by atoms with Gasteiger partial charge in [-0.15, -0.1) is 0 Å². The molecule has 0 unspecified atom stereocenters. The molecule has 9 heteroatoms.